The number of nitrogens with zero attached hydrogens (tertiary/aromatic N) is 4. The average molecular weight is 339 g/mol. The molecule has 0 atom stereocenters. The van der Waals surface area contributed by atoms with Crippen LogP contribution in [0.25, 0.3) is 5.95 Å². The Labute approximate surface area is 137 Å². The van der Waals surface area contributed by atoms with Crippen LogP contribution in [0.5, 0.6) is 0 Å². The van der Waals surface area contributed by atoms with Crippen LogP contribution in [-0.4, -0.2) is 38.0 Å². The number of halogens is 2. The molecular weight excluding hydrogens is 320 g/mol. The Morgan fingerprint density at radius 1 is 1.30 bits per heavy atom. The fourth-order valence-corrected chi connectivity index (χ4v) is 3.02. The number of hydrogen-bond acceptors (Lipinski definition) is 5. The van der Waals surface area contributed by atoms with E-state index >= 15 is 0 Å². The molecule has 0 spiro atoms. The molecule has 3 rings (SSSR count). The van der Waals surface area contributed by atoms with Crippen molar-refractivity contribution in [1.82, 2.24) is 19.7 Å². The second-order valence-electron chi connectivity index (χ2n) is 5.77. The third-order valence-corrected chi connectivity index (χ3v) is 4.52. The van der Waals surface area contributed by atoms with Gasteiger partial charge in [-0.05, 0) is 32.1 Å². The van der Waals surface area contributed by atoms with E-state index in [4.69, 9.17) is 0 Å². The molecule has 5 nitrogen and oxygen atoms in total. The predicted molar refractivity (Wildman–Crippen MR) is 86.5 cm³/mol. The van der Waals surface area contributed by atoms with Crippen LogP contribution < -0.4 is 5.32 Å². The van der Waals surface area contributed by atoms with Crippen LogP contribution in [0.1, 0.15) is 31.4 Å². The summed E-state index contributed by atoms with van der Waals surface area (Å²) in [6.45, 7) is 1.90. The zero-order chi connectivity index (χ0) is 16.4. The molecule has 0 radical (unpaired) electrons. The summed E-state index contributed by atoms with van der Waals surface area (Å²) in [6, 6.07) is 3.74. The van der Waals surface area contributed by atoms with Crippen molar-refractivity contribution < 1.29 is 8.78 Å². The van der Waals surface area contributed by atoms with Crippen LogP contribution in [0.3, 0.4) is 0 Å². The van der Waals surface area contributed by atoms with E-state index in [1.165, 1.54) is 11.8 Å². The van der Waals surface area contributed by atoms with Gasteiger partial charge in [-0.2, -0.15) is 10.1 Å². The lowest BCUT2D eigenvalue weighted by Gasteiger charge is -2.29. The van der Waals surface area contributed by atoms with Crippen LogP contribution in [0.4, 0.5) is 14.6 Å². The van der Waals surface area contributed by atoms with Gasteiger partial charge in [-0.25, -0.2) is 18.4 Å². The van der Waals surface area contributed by atoms with Crippen molar-refractivity contribution in [2.24, 2.45) is 0 Å². The van der Waals surface area contributed by atoms with Crippen molar-refractivity contribution in [2.45, 2.75) is 49.6 Å². The van der Waals surface area contributed by atoms with Crippen molar-refractivity contribution >= 4 is 17.6 Å². The number of alkyl halides is 2. The molecular formula is C15H19F2N5S. The number of nitrogens with one attached hydrogen (secondary N) is 1. The lowest BCUT2D eigenvalue weighted by Crippen LogP contribution is -2.32. The van der Waals surface area contributed by atoms with Gasteiger partial charge in [-0.1, -0.05) is 0 Å². The van der Waals surface area contributed by atoms with Gasteiger partial charge in [0.15, 0.2) is 0 Å². The molecule has 1 aliphatic rings. The smallest absolute Gasteiger partial charge is 0.253 e. The largest absolute Gasteiger partial charge is 0.367 e. The van der Waals surface area contributed by atoms with Crippen LogP contribution in [0.2, 0.25) is 0 Å². The molecule has 23 heavy (non-hydrogen) atoms. The Hall–Kier alpha value is -1.70. The fourth-order valence-electron chi connectivity index (χ4n) is 2.61. The normalized spacial score (nSPS) is 18.1. The molecule has 0 unspecified atom stereocenters. The van der Waals surface area contributed by atoms with E-state index in [1.807, 2.05) is 25.3 Å². The van der Waals surface area contributed by atoms with Gasteiger partial charge in [0.1, 0.15) is 10.8 Å². The van der Waals surface area contributed by atoms with Crippen molar-refractivity contribution in [1.29, 1.82) is 0 Å². The number of anilines is 1. The molecule has 8 heteroatoms. The molecule has 0 aromatic carbocycles. The van der Waals surface area contributed by atoms with E-state index in [0.29, 0.717) is 24.6 Å². The lowest BCUT2D eigenvalue weighted by atomic mass is 9.92. The van der Waals surface area contributed by atoms with Gasteiger partial charge in [0, 0.05) is 31.1 Å². The van der Waals surface area contributed by atoms with Gasteiger partial charge in [-0.3, -0.25) is 0 Å². The maximum atomic E-state index is 13.3. The van der Waals surface area contributed by atoms with Crippen molar-refractivity contribution in [3.8, 4) is 5.95 Å². The molecule has 0 aliphatic heterocycles. The predicted octanol–water partition coefficient (Wildman–Crippen LogP) is 3.68. The summed E-state index contributed by atoms with van der Waals surface area (Å²) in [5.74, 6) is -1.39. The number of hydrogen-bond donors (Lipinski definition) is 1. The first-order valence-electron chi connectivity index (χ1n) is 7.55. The second-order valence-corrected chi connectivity index (χ2v) is 6.60. The van der Waals surface area contributed by atoms with Gasteiger partial charge >= 0.3 is 0 Å². The van der Waals surface area contributed by atoms with Crippen LogP contribution in [-0.2, 0) is 0 Å². The average Bonchev–Trinajstić information content (AvgIpc) is 2.96. The van der Waals surface area contributed by atoms with Crippen molar-refractivity contribution in [3.05, 3.63) is 24.0 Å². The number of aromatic nitrogens is 4. The summed E-state index contributed by atoms with van der Waals surface area (Å²) in [5.41, 5.74) is 0.882. The first-order valence-corrected chi connectivity index (χ1v) is 8.78. The minimum atomic E-state index is -2.52. The Kier molecular flexibility index (Phi) is 4.52. The molecule has 1 saturated carbocycles. The highest BCUT2D eigenvalue weighted by Gasteiger charge is 2.34. The maximum Gasteiger partial charge on any atom is 0.253 e. The highest BCUT2D eigenvalue weighted by atomic mass is 32.2. The zero-order valence-electron chi connectivity index (χ0n) is 13.1. The summed E-state index contributed by atoms with van der Waals surface area (Å²) in [7, 11) is 0. The minimum absolute atomic E-state index is 0.0199. The lowest BCUT2D eigenvalue weighted by molar-refractivity contribution is -0.0361. The quantitative estimate of drug-likeness (QED) is 0.680. The van der Waals surface area contributed by atoms with E-state index < -0.39 is 5.92 Å². The molecule has 0 bridgehead atoms. The molecule has 2 aromatic heterocycles. The molecule has 124 valence electrons. The number of aryl methyl sites for hydroxylation is 1. The highest BCUT2D eigenvalue weighted by molar-refractivity contribution is 7.98. The molecule has 1 fully saturated rings. The monoisotopic (exact) mass is 339 g/mol. The van der Waals surface area contributed by atoms with Gasteiger partial charge < -0.3 is 5.32 Å². The third kappa shape index (κ3) is 3.99. The first-order chi connectivity index (χ1) is 10.9. The summed E-state index contributed by atoms with van der Waals surface area (Å²) in [4.78, 5) is 8.92. The van der Waals surface area contributed by atoms with E-state index in [2.05, 4.69) is 20.4 Å². The molecule has 2 aromatic rings. The molecule has 0 saturated heterocycles. The summed E-state index contributed by atoms with van der Waals surface area (Å²) in [6.07, 6.45) is 4.49. The van der Waals surface area contributed by atoms with Crippen molar-refractivity contribution in [3.63, 3.8) is 0 Å². The van der Waals surface area contributed by atoms with Crippen LogP contribution >= 0.6 is 11.8 Å². The van der Waals surface area contributed by atoms with Gasteiger partial charge in [0.05, 0.1) is 5.69 Å². The van der Waals surface area contributed by atoms with E-state index in [1.54, 1.807) is 10.9 Å². The SMILES string of the molecule is CSc1cc(NC2CCC(F)(F)CC2)nc(-n2ccc(C)n2)n1. The van der Waals surface area contributed by atoms with Gasteiger partial charge in [-0.15, -0.1) is 11.8 Å². The number of thioether (sulfide) groups is 1. The van der Waals surface area contributed by atoms with E-state index in [-0.39, 0.29) is 18.9 Å². The third-order valence-electron chi connectivity index (χ3n) is 3.90. The van der Waals surface area contributed by atoms with E-state index in [0.717, 1.165) is 10.7 Å². The standard InChI is InChI=1S/C15H19F2N5S/c1-10-5-8-22(21-10)14-19-12(9-13(20-14)23-2)18-11-3-6-15(16,17)7-4-11/h5,8-9,11H,3-4,6-7H2,1-2H3,(H,18,19,20). The zero-order valence-corrected chi connectivity index (χ0v) is 13.9. The molecule has 1 aliphatic carbocycles. The topological polar surface area (TPSA) is 55.6 Å². The second kappa shape index (κ2) is 6.43. The number of rotatable bonds is 4. The van der Waals surface area contributed by atoms with Crippen LogP contribution in [0, 0.1) is 6.92 Å². The van der Waals surface area contributed by atoms with Gasteiger partial charge in [0.25, 0.3) is 5.95 Å². The summed E-state index contributed by atoms with van der Waals surface area (Å²) in [5, 5.41) is 8.40. The highest BCUT2D eigenvalue weighted by Crippen LogP contribution is 2.34. The Balaban J connectivity index is 1.79. The van der Waals surface area contributed by atoms with E-state index in [9.17, 15) is 8.78 Å². The molecule has 0 amide bonds. The Morgan fingerprint density at radius 3 is 2.65 bits per heavy atom. The van der Waals surface area contributed by atoms with Gasteiger partial charge in [0.2, 0.25) is 5.92 Å². The molecule has 1 N–H and O–H groups in total. The van der Waals surface area contributed by atoms with Crippen molar-refractivity contribution in [2.75, 3.05) is 11.6 Å². The Bertz CT molecular complexity index is 678. The minimum Gasteiger partial charge on any atom is -0.367 e. The fraction of sp³-hybridized carbons (Fsp3) is 0.533. The molecule has 2 heterocycles. The van der Waals surface area contributed by atoms with Crippen LogP contribution in [0.15, 0.2) is 23.4 Å². The Morgan fingerprint density at radius 2 is 2.04 bits per heavy atom. The first kappa shape index (κ1) is 16.2. The summed E-state index contributed by atoms with van der Waals surface area (Å²) >= 11 is 1.51. The summed E-state index contributed by atoms with van der Waals surface area (Å²) < 4.78 is 28.1. The maximum absolute atomic E-state index is 13.3.